The molecule has 0 saturated heterocycles. The summed E-state index contributed by atoms with van der Waals surface area (Å²) in [5, 5.41) is 10.4. The Morgan fingerprint density at radius 3 is 2.76 bits per heavy atom. The maximum Gasteiger partial charge on any atom is 0.286 e. The van der Waals surface area contributed by atoms with Gasteiger partial charge in [-0.3, -0.25) is 4.79 Å². The molecule has 3 aromatic rings. The van der Waals surface area contributed by atoms with Crippen molar-refractivity contribution in [1.82, 2.24) is 19.8 Å². The molecule has 0 bridgehead atoms. The van der Waals surface area contributed by atoms with Crippen LogP contribution < -0.4 is 5.56 Å². The number of nitrogens with zero attached hydrogens (tertiary/aromatic N) is 3. The Morgan fingerprint density at radius 1 is 1.24 bits per heavy atom. The van der Waals surface area contributed by atoms with Gasteiger partial charge in [-0.25, -0.2) is 5.10 Å². The van der Waals surface area contributed by atoms with Crippen molar-refractivity contribution < 1.29 is 0 Å². The zero-order valence-corrected chi connectivity index (χ0v) is 9.92. The lowest BCUT2D eigenvalue weighted by atomic mass is 10.1. The molecule has 0 amide bonds. The molecule has 7 heteroatoms. The zero-order chi connectivity index (χ0) is 11.8. The van der Waals surface area contributed by atoms with E-state index in [1.54, 1.807) is 12.1 Å². The van der Waals surface area contributed by atoms with Crippen LogP contribution in [0.3, 0.4) is 0 Å². The molecule has 0 unspecified atom stereocenters. The summed E-state index contributed by atoms with van der Waals surface area (Å²) in [6.07, 6.45) is 0. The fourth-order valence-electron chi connectivity index (χ4n) is 1.50. The van der Waals surface area contributed by atoms with Gasteiger partial charge >= 0.3 is 0 Å². The highest BCUT2D eigenvalue weighted by Crippen LogP contribution is 2.27. The lowest BCUT2D eigenvalue weighted by Crippen LogP contribution is -2.07. The molecule has 1 aromatic carbocycles. The summed E-state index contributed by atoms with van der Waals surface area (Å²) in [7, 11) is 0. The quantitative estimate of drug-likeness (QED) is 0.731. The molecule has 0 aliphatic rings. The van der Waals surface area contributed by atoms with E-state index in [0.29, 0.717) is 20.9 Å². The minimum Gasteiger partial charge on any atom is -0.266 e. The molecule has 84 valence electrons. The van der Waals surface area contributed by atoms with E-state index < -0.39 is 0 Å². The van der Waals surface area contributed by atoms with E-state index in [1.807, 2.05) is 12.1 Å². The molecule has 2 heterocycles. The first-order valence-electron chi connectivity index (χ1n) is 4.72. The Bertz CT molecular complexity index is 734. The third-order valence-corrected chi connectivity index (χ3v) is 3.38. The second-order valence-electron chi connectivity index (χ2n) is 3.36. The van der Waals surface area contributed by atoms with Gasteiger partial charge in [0.15, 0.2) is 0 Å². The largest absolute Gasteiger partial charge is 0.286 e. The number of hydrogen-bond acceptors (Lipinski definition) is 5. The predicted molar refractivity (Wildman–Crippen MR) is 66.3 cm³/mol. The highest BCUT2D eigenvalue weighted by Gasteiger charge is 2.12. The first-order chi connectivity index (χ1) is 8.25. The highest BCUT2D eigenvalue weighted by atomic mass is 35.5. The number of rotatable bonds is 1. The van der Waals surface area contributed by atoms with Crippen molar-refractivity contribution in [3.63, 3.8) is 0 Å². The standard InChI is InChI=1S/C10H5ClN4OS/c11-6-3-1-5(2-4-6)7-8-9(17-14-7)10(16)13-15-12-8/h1-4H,(H,12,13,16). The van der Waals surface area contributed by atoms with Crippen LogP contribution >= 0.6 is 23.1 Å². The third kappa shape index (κ3) is 1.71. The molecule has 3 rings (SSSR count). The smallest absolute Gasteiger partial charge is 0.266 e. The fourth-order valence-corrected chi connectivity index (χ4v) is 2.35. The molecule has 17 heavy (non-hydrogen) atoms. The van der Waals surface area contributed by atoms with Gasteiger partial charge in [0.1, 0.15) is 15.9 Å². The minimum absolute atomic E-state index is 0.271. The number of aromatic nitrogens is 4. The Hall–Kier alpha value is -1.79. The molecule has 5 nitrogen and oxygen atoms in total. The van der Waals surface area contributed by atoms with Gasteiger partial charge in [-0.1, -0.05) is 28.9 Å². The molecular weight excluding hydrogens is 260 g/mol. The summed E-state index contributed by atoms with van der Waals surface area (Å²) in [4.78, 5) is 11.5. The van der Waals surface area contributed by atoms with Crippen LogP contribution in [0.5, 0.6) is 0 Å². The number of hydrogen-bond donors (Lipinski definition) is 1. The van der Waals surface area contributed by atoms with E-state index in [1.165, 1.54) is 0 Å². The Morgan fingerprint density at radius 2 is 2.00 bits per heavy atom. The van der Waals surface area contributed by atoms with Gasteiger partial charge in [0, 0.05) is 10.6 Å². The van der Waals surface area contributed by atoms with Crippen molar-refractivity contribution in [1.29, 1.82) is 0 Å². The van der Waals surface area contributed by atoms with Crippen LogP contribution in [-0.4, -0.2) is 19.8 Å². The lowest BCUT2D eigenvalue weighted by molar-refractivity contribution is 0.875. The van der Waals surface area contributed by atoms with Crippen LogP contribution in [0, 0.1) is 0 Å². The van der Waals surface area contributed by atoms with Crippen molar-refractivity contribution in [2.45, 2.75) is 0 Å². The maximum absolute atomic E-state index is 11.5. The Kier molecular flexibility index (Phi) is 2.38. The fraction of sp³-hybridized carbons (Fsp3) is 0. The maximum atomic E-state index is 11.5. The summed E-state index contributed by atoms with van der Waals surface area (Å²) >= 11 is 6.93. The summed E-state index contributed by atoms with van der Waals surface area (Å²) in [6.45, 7) is 0. The average Bonchev–Trinajstić information content (AvgIpc) is 2.75. The first-order valence-corrected chi connectivity index (χ1v) is 5.87. The van der Waals surface area contributed by atoms with Gasteiger partial charge in [0.2, 0.25) is 0 Å². The van der Waals surface area contributed by atoms with E-state index in [0.717, 1.165) is 17.1 Å². The zero-order valence-electron chi connectivity index (χ0n) is 8.35. The molecule has 0 radical (unpaired) electrons. The van der Waals surface area contributed by atoms with Crippen LogP contribution in [-0.2, 0) is 0 Å². The summed E-state index contributed by atoms with van der Waals surface area (Å²) in [6, 6.07) is 7.20. The number of nitrogens with one attached hydrogen (secondary N) is 1. The van der Waals surface area contributed by atoms with Crippen LogP contribution in [0.4, 0.5) is 0 Å². The molecule has 0 aliphatic heterocycles. The van der Waals surface area contributed by atoms with Gasteiger partial charge in [0.05, 0.1) is 0 Å². The number of aromatic amines is 1. The van der Waals surface area contributed by atoms with Crippen molar-refractivity contribution in [2.24, 2.45) is 0 Å². The SMILES string of the molecule is O=c1[nH]nnc2c(-c3ccc(Cl)cc3)nsc12. The monoisotopic (exact) mass is 264 g/mol. The summed E-state index contributed by atoms with van der Waals surface area (Å²) < 4.78 is 4.71. The van der Waals surface area contributed by atoms with Crippen LogP contribution in [0.2, 0.25) is 5.02 Å². The summed E-state index contributed by atoms with van der Waals surface area (Å²) in [5.74, 6) is 0. The minimum atomic E-state index is -0.271. The molecule has 1 N–H and O–H groups in total. The predicted octanol–water partition coefficient (Wildman–Crippen LogP) is 2.09. The van der Waals surface area contributed by atoms with Gasteiger partial charge in [-0.05, 0) is 23.7 Å². The van der Waals surface area contributed by atoms with Crippen molar-refractivity contribution >= 4 is 33.4 Å². The first kappa shape index (κ1) is 10.4. The van der Waals surface area contributed by atoms with Gasteiger partial charge in [0.25, 0.3) is 5.56 Å². The number of halogens is 1. The molecule has 2 aromatic heterocycles. The number of fused-ring (bicyclic) bond motifs is 1. The van der Waals surface area contributed by atoms with Crippen molar-refractivity contribution in [3.05, 3.63) is 39.6 Å². The van der Waals surface area contributed by atoms with Gasteiger partial charge in [-0.15, -0.1) is 5.10 Å². The Balaban J connectivity index is 2.28. The molecule has 0 aliphatic carbocycles. The van der Waals surface area contributed by atoms with Gasteiger partial charge < -0.3 is 0 Å². The number of H-pyrrole nitrogens is 1. The van der Waals surface area contributed by atoms with Gasteiger partial charge in [-0.2, -0.15) is 4.37 Å². The second kappa shape index (κ2) is 3.90. The topological polar surface area (TPSA) is 71.5 Å². The van der Waals surface area contributed by atoms with E-state index in [2.05, 4.69) is 19.8 Å². The van der Waals surface area contributed by atoms with E-state index in [4.69, 9.17) is 11.6 Å². The average molecular weight is 265 g/mol. The van der Waals surface area contributed by atoms with Crippen molar-refractivity contribution in [2.75, 3.05) is 0 Å². The molecular formula is C10H5ClN4OS. The van der Waals surface area contributed by atoms with E-state index in [9.17, 15) is 4.79 Å². The molecule has 0 fully saturated rings. The van der Waals surface area contributed by atoms with Crippen LogP contribution in [0.15, 0.2) is 29.1 Å². The Labute approximate surface area is 104 Å². The van der Waals surface area contributed by atoms with Crippen molar-refractivity contribution in [3.8, 4) is 11.3 Å². The molecule has 0 atom stereocenters. The normalized spacial score (nSPS) is 10.9. The van der Waals surface area contributed by atoms with E-state index in [-0.39, 0.29) is 5.56 Å². The second-order valence-corrected chi connectivity index (χ2v) is 4.57. The van der Waals surface area contributed by atoms with E-state index >= 15 is 0 Å². The molecule has 0 spiro atoms. The highest BCUT2D eigenvalue weighted by molar-refractivity contribution is 7.13. The molecule has 0 saturated carbocycles. The van der Waals surface area contributed by atoms with Crippen LogP contribution in [0.1, 0.15) is 0 Å². The summed E-state index contributed by atoms with van der Waals surface area (Å²) in [5.41, 5.74) is 1.76. The third-order valence-electron chi connectivity index (χ3n) is 2.29. The number of benzene rings is 1. The lowest BCUT2D eigenvalue weighted by Gasteiger charge is -1.96. The van der Waals surface area contributed by atoms with Crippen LogP contribution in [0.25, 0.3) is 21.5 Å².